The Morgan fingerprint density at radius 1 is 0.191 bits per heavy atom. The van der Waals surface area contributed by atoms with Crippen LogP contribution in [-0.4, -0.2) is 29.2 Å². The van der Waals surface area contributed by atoms with Crippen molar-refractivity contribution in [3.8, 4) is 0 Å². The van der Waals surface area contributed by atoms with Gasteiger partial charge < -0.3 is 12.4 Å². The monoisotopic (exact) mass is 738 g/mol. The fourth-order valence-electron chi connectivity index (χ4n) is 4.87. The molecule has 0 nitrogen and oxygen atoms in total. The molecule has 0 bridgehead atoms. The Hall–Kier alpha value is -3.40. The van der Waals surface area contributed by atoms with Crippen molar-refractivity contribution in [1.82, 2.24) is 0 Å². The van der Waals surface area contributed by atoms with Crippen molar-refractivity contribution in [3.05, 3.63) is 116 Å². The molecule has 0 N–H and O–H groups in total. The van der Waals surface area contributed by atoms with Gasteiger partial charge in [0.05, 0.1) is 0 Å². The minimum absolute atomic E-state index is 0. The molecular formula is C24BClF20Mg. The molecule has 0 aromatic heterocycles. The maximum absolute atomic E-state index is 15.4. The van der Waals surface area contributed by atoms with Crippen LogP contribution >= 0.6 is 0 Å². The third-order valence-electron chi connectivity index (χ3n) is 6.71. The first-order valence-electron chi connectivity index (χ1n) is 10.9. The van der Waals surface area contributed by atoms with Crippen molar-refractivity contribution >= 4 is 51.0 Å². The zero-order valence-electron chi connectivity index (χ0n) is 21.2. The Morgan fingerprint density at radius 2 is 0.277 bits per heavy atom. The van der Waals surface area contributed by atoms with Crippen molar-refractivity contribution < 1.29 is 100 Å². The molecule has 248 valence electrons. The molecule has 0 heterocycles. The quantitative estimate of drug-likeness (QED) is 0.131. The van der Waals surface area contributed by atoms with E-state index in [1.54, 1.807) is 0 Å². The molecular weight excluding hydrogens is 739 g/mol. The van der Waals surface area contributed by atoms with Crippen molar-refractivity contribution in [3.63, 3.8) is 0 Å². The van der Waals surface area contributed by atoms with E-state index in [1.165, 1.54) is 0 Å². The second-order valence-electron chi connectivity index (χ2n) is 8.80. The summed E-state index contributed by atoms with van der Waals surface area (Å²) in [5.41, 5.74) is -14.3. The summed E-state index contributed by atoms with van der Waals surface area (Å²) < 4.78 is 294. The normalized spacial score (nSPS) is 11.5. The van der Waals surface area contributed by atoms with Crippen LogP contribution in [-0.2, 0) is 0 Å². The summed E-state index contributed by atoms with van der Waals surface area (Å²) in [7, 11) is 0. The van der Waals surface area contributed by atoms with Crippen LogP contribution in [0, 0.1) is 116 Å². The van der Waals surface area contributed by atoms with E-state index in [9.17, 15) is 52.7 Å². The average Bonchev–Trinajstić information content (AvgIpc) is 3.00. The first-order valence-corrected chi connectivity index (χ1v) is 10.9. The van der Waals surface area contributed by atoms with E-state index in [2.05, 4.69) is 0 Å². The van der Waals surface area contributed by atoms with E-state index in [0.29, 0.717) is 0 Å². The predicted molar refractivity (Wildman–Crippen MR) is 115 cm³/mol. The third kappa shape index (κ3) is 5.17. The van der Waals surface area contributed by atoms with Gasteiger partial charge in [0.15, 0.2) is 69.8 Å². The molecule has 0 aliphatic heterocycles. The van der Waals surface area contributed by atoms with Crippen LogP contribution in [0.15, 0.2) is 0 Å². The molecule has 0 amide bonds. The molecule has 4 aromatic carbocycles. The maximum Gasteiger partial charge on any atom is 2.00 e. The van der Waals surface area contributed by atoms with Crippen LogP contribution in [0.1, 0.15) is 0 Å². The molecule has 23 heteroatoms. The smallest absolute Gasteiger partial charge is 1.00 e. The summed E-state index contributed by atoms with van der Waals surface area (Å²) in [6.45, 7) is 0. The van der Waals surface area contributed by atoms with Crippen LogP contribution in [0.25, 0.3) is 0 Å². The fraction of sp³-hybridized carbons (Fsp3) is 0. The van der Waals surface area contributed by atoms with E-state index in [1.807, 2.05) is 0 Å². The first-order chi connectivity index (χ1) is 20.7. The van der Waals surface area contributed by atoms with E-state index in [-0.39, 0.29) is 35.5 Å². The van der Waals surface area contributed by atoms with Gasteiger partial charge in [0.25, 0.3) is 0 Å². The summed E-state index contributed by atoms with van der Waals surface area (Å²) in [4.78, 5) is 0. The molecule has 0 unspecified atom stereocenters. The van der Waals surface area contributed by atoms with Gasteiger partial charge in [-0.15, -0.1) is 21.9 Å². The van der Waals surface area contributed by atoms with Crippen LogP contribution in [0.2, 0.25) is 0 Å². The predicted octanol–water partition coefficient (Wildman–Crippen LogP) is 2.47. The minimum Gasteiger partial charge on any atom is -1.00 e. The van der Waals surface area contributed by atoms with Gasteiger partial charge in [-0.3, -0.25) is 0 Å². The number of halogens is 21. The SMILES string of the molecule is Fc1c(F)c(F)c([B-](c2c(F)c(F)c(F)c(F)c2F)(c2c(F)c(F)c(F)c(F)c2F)c2c(F)c(F)c(F)c(F)c2F)c(F)c1F.[Cl-].[Mg+2]. The van der Waals surface area contributed by atoms with Gasteiger partial charge in [-0.25, -0.2) is 87.8 Å². The van der Waals surface area contributed by atoms with Crippen LogP contribution in [0.5, 0.6) is 0 Å². The first kappa shape index (κ1) is 39.8. The number of rotatable bonds is 4. The van der Waals surface area contributed by atoms with E-state index < -0.39 is 144 Å². The Bertz CT molecular complexity index is 1580. The summed E-state index contributed by atoms with van der Waals surface area (Å²) in [5.74, 6) is -71.4. The van der Waals surface area contributed by atoms with Crippen LogP contribution in [0.4, 0.5) is 87.8 Å². The molecule has 0 saturated carbocycles. The number of hydrogen-bond donors (Lipinski definition) is 0. The molecule has 4 aromatic rings. The van der Waals surface area contributed by atoms with Gasteiger partial charge in [0.1, 0.15) is 52.7 Å². The molecule has 0 aliphatic rings. The summed E-state index contributed by atoms with van der Waals surface area (Å²) in [6.07, 6.45) is -7.22. The molecule has 4 rings (SSSR count). The standard InChI is InChI=1S/C24BF20.ClH.Mg/c26-5-1(6(27)14(35)21(42)13(5)34)25(2-7(28)15(36)22(43)16(37)8(2)29,3-9(30)17(38)23(44)18(39)10(3)31)4-11(32)19(40)24(45)20(41)12(4)33;;/h;1H;/q-1;;+2/p-1. The van der Waals surface area contributed by atoms with Crippen molar-refractivity contribution in [2.45, 2.75) is 0 Å². The van der Waals surface area contributed by atoms with Gasteiger partial charge >= 0.3 is 23.1 Å². The Morgan fingerprint density at radius 3 is 0.383 bits per heavy atom. The zero-order valence-corrected chi connectivity index (χ0v) is 23.4. The third-order valence-corrected chi connectivity index (χ3v) is 6.71. The van der Waals surface area contributed by atoms with Crippen LogP contribution in [0.3, 0.4) is 0 Å². The molecule has 0 spiro atoms. The van der Waals surface area contributed by atoms with E-state index in [0.717, 1.165) is 0 Å². The van der Waals surface area contributed by atoms with Gasteiger partial charge in [-0.1, -0.05) is 0 Å². The second kappa shape index (κ2) is 13.2. The average molecular weight is 739 g/mol. The molecule has 0 fully saturated rings. The van der Waals surface area contributed by atoms with Gasteiger partial charge in [0, 0.05) is 0 Å². The minimum atomic E-state index is -7.22. The largest absolute Gasteiger partial charge is 2.00 e. The van der Waals surface area contributed by atoms with Crippen molar-refractivity contribution in [1.29, 1.82) is 0 Å². The van der Waals surface area contributed by atoms with Gasteiger partial charge in [0.2, 0.25) is 0 Å². The molecule has 0 radical (unpaired) electrons. The van der Waals surface area contributed by atoms with Gasteiger partial charge in [-0.2, -0.15) is 0 Å². The Balaban J connectivity index is 0.00000384. The maximum atomic E-state index is 15.4. The molecule has 47 heavy (non-hydrogen) atoms. The summed E-state index contributed by atoms with van der Waals surface area (Å²) in [6, 6.07) is 0. The fourth-order valence-corrected chi connectivity index (χ4v) is 4.87. The van der Waals surface area contributed by atoms with Crippen LogP contribution < -0.4 is 34.3 Å². The topological polar surface area (TPSA) is 0 Å². The number of benzene rings is 4. The van der Waals surface area contributed by atoms with E-state index in [4.69, 9.17) is 0 Å². The van der Waals surface area contributed by atoms with Crippen molar-refractivity contribution in [2.24, 2.45) is 0 Å². The molecule has 0 atom stereocenters. The molecule has 0 saturated heterocycles. The second-order valence-corrected chi connectivity index (χ2v) is 8.80. The van der Waals surface area contributed by atoms with Gasteiger partial charge in [-0.05, 0) is 0 Å². The van der Waals surface area contributed by atoms with E-state index >= 15 is 35.1 Å². The number of hydrogen-bond acceptors (Lipinski definition) is 0. The molecule has 0 aliphatic carbocycles. The Kier molecular flexibility index (Phi) is 11.2. The summed E-state index contributed by atoms with van der Waals surface area (Å²) in [5, 5.41) is 0. The summed E-state index contributed by atoms with van der Waals surface area (Å²) >= 11 is 0. The van der Waals surface area contributed by atoms with Crippen molar-refractivity contribution in [2.75, 3.05) is 0 Å². The Labute approximate surface area is 267 Å². The zero-order chi connectivity index (χ0) is 34.4.